The van der Waals surface area contributed by atoms with E-state index in [1.807, 2.05) is 18.2 Å². The first-order chi connectivity index (χ1) is 10.2. The molecule has 0 saturated heterocycles. The molecule has 0 atom stereocenters. The topological polar surface area (TPSA) is 16.1 Å². The van der Waals surface area contributed by atoms with Crippen LogP contribution in [0.2, 0.25) is 0 Å². The van der Waals surface area contributed by atoms with E-state index in [4.69, 9.17) is 11.6 Å². The standard InChI is InChI=1S/C18H17ClN2/c1-13-6-5-7-15(10-13)21(2)18-11-14(12-19)20-17-9-4-3-8-16(17)18/h3-11H,12H2,1-2H3. The predicted molar refractivity (Wildman–Crippen MR) is 90.5 cm³/mol. The Morgan fingerprint density at radius 1 is 1.05 bits per heavy atom. The van der Waals surface area contributed by atoms with Gasteiger partial charge in [0.25, 0.3) is 0 Å². The largest absolute Gasteiger partial charge is 0.344 e. The zero-order valence-corrected chi connectivity index (χ0v) is 12.9. The van der Waals surface area contributed by atoms with Crippen molar-refractivity contribution in [3.8, 4) is 0 Å². The van der Waals surface area contributed by atoms with Gasteiger partial charge in [0.05, 0.1) is 22.8 Å². The second-order valence-corrected chi connectivity index (χ2v) is 5.45. The van der Waals surface area contributed by atoms with Gasteiger partial charge in [-0.15, -0.1) is 11.6 Å². The van der Waals surface area contributed by atoms with E-state index in [-0.39, 0.29) is 0 Å². The Kier molecular flexibility index (Phi) is 3.80. The average Bonchev–Trinajstić information content (AvgIpc) is 2.53. The summed E-state index contributed by atoms with van der Waals surface area (Å²) in [7, 11) is 2.08. The number of nitrogens with zero attached hydrogens (tertiary/aromatic N) is 2. The number of benzene rings is 2. The molecular formula is C18H17ClN2. The number of fused-ring (bicyclic) bond motifs is 1. The van der Waals surface area contributed by atoms with Crippen LogP contribution in [-0.2, 0) is 5.88 Å². The van der Waals surface area contributed by atoms with Crippen molar-refractivity contribution >= 4 is 33.9 Å². The second kappa shape index (κ2) is 5.74. The van der Waals surface area contributed by atoms with Crippen molar-refractivity contribution in [3.63, 3.8) is 0 Å². The Labute approximate surface area is 130 Å². The molecule has 2 aromatic carbocycles. The summed E-state index contributed by atoms with van der Waals surface area (Å²) >= 11 is 5.99. The first-order valence-electron chi connectivity index (χ1n) is 6.94. The van der Waals surface area contributed by atoms with Crippen molar-refractivity contribution in [2.24, 2.45) is 0 Å². The zero-order chi connectivity index (χ0) is 14.8. The van der Waals surface area contributed by atoms with Gasteiger partial charge in [0, 0.05) is 18.1 Å². The molecule has 0 aliphatic carbocycles. The number of hydrogen-bond donors (Lipinski definition) is 0. The van der Waals surface area contributed by atoms with Crippen LogP contribution in [0.3, 0.4) is 0 Å². The van der Waals surface area contributed by atoms with Gasteiger partial charge in [-0.1, -0.05) is 30.3 Å². The number of alkyl halides is 1. The smallest absolute Gasteiger partial charge is 0.0726 e. The molecule has 0 N–H and O–H groups in total. The molecule has 3 aromatic rings. The third-order valence-electron chi connectivity index (χ3n) is 3.63. The Morgan fingerprint density at radius 2 is 1.86 bits per heavy atom. The van der Waals surface area contributed by atoms with E-state index < -0.39 is 0 Å². The highest BCUT2D eigenvalue weighted by atomic mass is 35.5. The van der Waals surface area contributed by atoms with Crippen LogP contribution in [0.5, 0.6) is 0 Å². The number of halogens is 1. The normalized spacial score (nSPS) is 10.8. The van der Waals surface area contributed by atoms with Gasteiger partial charge in [-0.2, -0.15) is 0 Å². The Bertz CT molecular complexity index is 783. The minimum absolute atomic E-state index is 0.416. The van der Waals surface area contributed by atoms with Gasteiger partial charge in [-0.3, -0.25) is 4.98 Å². The summed E-state index contributed by atoms with van der Waals surface area (Å²) in [6.45, 7) is 2.10. The maximum Gasteiger partial charge on any atom is 0.0726 e. The summed E-state index contributed by atoms with van der Waals surface area (Å²) < 4.78 is 0. The lowest BCUT2D eigenvalue weighted by molar-refractivity contribution is 1.16. The SMILES string of the molecule is Cc1cccc(N(C)c2cc(CCl)nc3ccccc23)c1. The van der Waals surface area contributed by atoms with E-state index >= 15 is 0 Å². The summed E-state index contributed by atoms with van der Waals surface area (Å²) in [6, 6.07) is 18.7. The number of rotatable bonds is 3. The quantitative estimate of drug-likeness (QED) is 0.629. The molecule has 0 unspecified atom stereocenters. The van der Waals surface area contributed by atoms with Gasteiger partial charge in [-0.25, -0.2) is 0 Å². The Balaban J connectivity index is 2.18. The third kappa shape index (κ3) is 2.72. The molecule has 21 heavy (non-hydrogen) atoms. The van der Waals surface area contributed by atoms with Crippen LogP contribution in [-0.4, -0.2) is 12.0 Å². The second-order valence-electron chi connectivity index (χ2n) is 5.18. The van der Waals surface area contributed by atoms with Crippen molar-refractivity contribution in [1.29, 1.82) is 0 Å². The maximum absolute atomic E-state index is 5.99. The third-order valence-corrected chi connectivity index (χ3v) is 3.91. The van der Waals surface area contributed by atoms with Gasteiger partial charge < -0.3 is 4.90 Å². The van der Waals surface area contributed by atoms with Crippen LogP contribution in [0.4, 0.5) is 11.4 Å². The molecular weight excluding hydrogens is 280 g/mol. The van der Waals surface area contributed by atoms with Crippen molar-refractivity contribution in [1.82, 2.24) is 4.98 Å². The lowest BCUT2D eigenvalue weighted by atomic mass is 10.1. The first kappa shape index (κ1) is 13.9. The molecule has 0 spiro atoms. The lowest BCUT2D eigenvalue weighted by Gasteiger charge is -2.22. The molecule has 0 amide bonds. The molecule has 3 heteroatoms. The fourth-order valence-corrected chi connectivity index (χ4v) is 2.67. The van der Waals surface area contributed by atoms with Crippen LogP contribution < -0.4 is 4.90 Å². The lowest BCUT2D eigenvalue weighted by Crippen LogP contribution is -2.11. The minimum atomic E-state index is 0.416. The number of hydrogen-bond acceptors (Lipinski definition) is 2. The number of pyridine rings is 1. The molecule has 0 bridgehead atoms. The highest BCUT2D eigenvalue weighted by Gasteiger charge is 2.11. The van der Waals surface area contributed by atoms with Crippen LogP contribution in [0, 0.1) is 6.92 Å². The van der Waals surface area contributed by atoms with Gasteiger partial charge in [0.15, 0.2) is 0 Å². The number of para-hydroxylation sites is 1. The van der Waals surface area contributed by atoms with Crippen LogP contribution in [0.1, 0.15) is 11.3 Å². The molecule has 0 radical (unpaired) electrons. The number of aromatic nitrogens is 1. The molecule has 1 aromatic heterocycles. The molecule has 2 nitrogen and oxygen atoms in total. The van der Waals surface area contributed by atoms with Crippen molar-refractivity contribution in [2.45, 2.75) is 12.8 Å². The molecule has 106 valence electrons. The molecule has 0 aliphatic heterocycles. The van der Waals surface area contributed by atoms with E-state index in [0.29, 0.717) is 5.88 Å². The fourth-order valence-electron chi connectivity index (χ4n) is 2.53. The van der Waals surface area contributed by atoms with Crippen LogP contribution in [0.15, 0.2) is 54.6 Å². The van der Waals surface area contributed by atoms with Gasteiger partial charge in [-0.05, 0) is 36.8 Å². The van der Waals surface area contributed by atoms with Crippen molar-refractivity contribution in [2.75, 3.05) is 11.9 Å². The van der Waals surface area contributed by atoms with Gasteiger partial charge in [0.1, 0.15) is 0 Å². The zero-order valence-electron chi connectivity index (χ0n) is 12.2. The summed E-state index contributed by atoms with van der Waals surface area (Å²) in [5, 5.41) is 1.13. The Morgan fingerprint density at radius 3 is 2.62 bits per heavy atom. The van der Waals surface area contributed by atoms with E-state index in [1.54, 1.807) is 0 Å². The summed E-state index contributed by atoms with van der Waals surface area (Å²) in [5.41, 5.74) is 5.40. The van der Waals surface area contributed by atoms with Crippen molar-refractivity contribution < 1.29 is 0 Å². The highest BCUT2D eigenvalue weighted by molar-refractivity contribution is 6.17. The van der Waals surface area contributed by atoms with Gasteiger partial charge in [0.2, 0.25) is 0 Å². The molecule has 1 heterocycles. The summed E-state index contributed by atoms with van der Waals surface area (Å²) in [4.78, 5) is 6.78. The number of aryl methyl sites for hydroxylation is 1. The number of anilines is 2. The fraction of sp³-hybridized carbons (Fsp3) is 0.167. The monoisotopic (exact) mass is 296 g/mol. The van der Waals surface area contributed by atoms with E-state index in [0.717, 1.165) is 28.0 Å². The first-order valence-corrected chi connectivity index (χ1v) is 7.47. The van der Waals surface area contributed by atoms with Crippen LogP contribution in [0.25, 0.3) is 10.9 Å². The maximum atomic E-state index is 5.99. The van der Waals surface area contributed by atoms with Gasteiger partial charge >= 0.3 is 0 Å². The van der Waals surface area contributed by atoms with E-state index in [1.165, 1.54) is 5.56 Å². The molecule has 3 rings (SSSR count). The minimum Gasteiger partial charge on any atom is -0.344 e. The molecule has 0 fully saturated rings. The van der Waals surface area contributed by atoms with E-state index in [9.17, 15) is 0 Å². The van der Waals surface area contributed by atoms with Crippen molar-refractivity contribution in [3.05, 3.63) is 65.9 Å². The Hall–Kier alpha value is -2.06. The summed E-state index contributed by atoms with van der Waals surface area (Å²) in [6.07, 6.45) is 0. The summed E-state index contributed by atoms with van der Waals surface area (Å²) in [5.74, 6) is 0.416. The highest BCUT2D eigenvalue weighted by Crippen LogP contribution is 2.31. The predicted octanol–water partition coefficient (Wildman–Crippen LogP) is 5.05. The average molecular weight is 297 g/mol. The van der Waals surface area contributed by atoms with Crippen LogP contribution >= 0.6 is 11.6 Å². The molecule has 0 saturated carbocycles. The molecule has 0 aliphatic rings. The van der Waals surface area contributed by atoms with E-state index in [2.05, 4.69) is 60.3 Å².